The van der Waals surface area contributed by atoms with Crippen LogP contribution in [0.5, 0.6) is 0 Å². The standard InChI is InChI=1S/C5H11N3O2/c1-7-5(10-3)8-4(6)9-2/h1-3H3,(H2,6,7,8). The molecule has 2 N–H and O–H groups in total. The molecule has 58 valence electrons. The van der Waals surface area contributed by atoms with Crippen LogP contribution >= 0.6 is 0 Å². The lowest BCUT2D eigenvalue weighted by molar-refractivity contribution is 0.358. The fourth-order valence-corrected chi connectivity index (χ4v) is 0.346. The first kappa shape index (κ1) is 8.74. The summed E-state index contributed by atoms with van der Waals surface area (Å²) >= 11 is 0. The minimum Gasteiger partial charge on any atom is -0.468 e. The van der Waals surface area contributed by atoms with Crippen LogP contribution in [0.2, 0.25) is 0 Å². The highest BCUT2D eigenvalue weighted by atomic mass is 16.5. The summed E-state index contributed by atoms with van der Waals surface area (Å²) in [6, 6.07) is 0.161. The molecule has 0 atom stereocenters. The van der Waals surface area contributed by atoms with Crippen molar-refractivity contribution in [3.8, 4) is 0 Å². The van der Waals surface area contributed by atoms with Crippen LogP contribution in [0.1, 0.15) is 0 Å². The van der Waals surface area contributed by atoms with E-state index in [0.29, 0.717) is 0 Å². The van der Waals surface area contributed by atoms with Crippen LogP contribution in [0.25, 0.3) is 0 Å². The van der Waals surface area contributed by atoms with Crippen molar-refractivity contribution >= 4 is 12.0 Å². The summed E-state index contributed by atoms with van der Waals surface area (Å²) in [5.41, 5.74) is 0. The molecule has 0 saturated carbocycles. The zero-order chi connectivity index (χ0) is 7.98. The quantitative estimate of drug-likeness (QED) is 0.366. The molecule has 5 heteroatoms. The molecule has 0 saturated heterocycles. The molecule has 5 nitrogen and oxygen atoms in total. The molecule has 0 amide bonds. The smallest absolute Gasteiger partial charge is 0.292 e. The van der Waals surface area contributed by atoms with E-state index in [1.54, 1.807) is 7.05 Å². The second-order valence-electron chi connectivity index (χ2n) is 1.39. The first-order valence-electron chi connectivity index (χ1n) is 2.65. The Morgan fingerprint density at radius 3 is 2.30 bits per heavy atom. The van der Waals surface area contributed by atoms with Gasteiger partial charge in [-0.3, -0.25) is 10.7 Å². The lowest BCUT2D eigenvalue weighted by Crippen LogP contribution is -2.31. The van der Waals surface area contributed by atoms with Crippen molar-refractivity contribution in [1.82, 2.24) is 5.32 Å². The Hall–Kier alpha value is -1.26. The SMILES string of the molecule is CN=C(NC(=N)OC)OC. The van der Waals surface area contributed by atoms with Crippen LogP contribution in [-0.2, 0) is 9.47 Å². The number of ether oxygens (including phenoxy) is 2. The largest absolute Gasteiger partial charge is 0.468 e. The zero-order valence-electron chi connectivity index (χ0n) is 6.26. The van der Waals surface area contributed by atoms with E-state index in [0.717, 1.165) is 0 Å². The second kappa shape index (κ2) is 4.60. The van der Waals surface area contributed by atoms with E-state index in [2.05, 4.69) is 19.8 Å². The lowest BCUT2D eigenvalue weighted by Gasteiger charge is -2.05. The van der Waals surface area contributed by atoms with Gasteiger partial charge < -0.3 is 9.47 Å². The Kier molecular flexibility index (Phi) is 4.02. The number of methoxy groups -OCH3 is 2. The summed E-state index contributed by atoms with van der Waals surface area (Å²) in [6.45, 7) is 0. The normalized spacial score (nSPS) is 10.5. The van der Waals surface area contributed by atoms with Gasteiger partial charge in [-0.2, -0.15) is 0 Å². The van der Waals surface area contributed by atoms with Gasteiger partial charge >= 0.3 is 0 Å². The van der Waals surface area contributed by atoms with Gasteiger partial charge in [0.25, 0.3) is 12.0 Å². The van der Waals surface area contributed by atoms with Gasteiger partial charge in [0.1, 0.15) is 0 Å². The average Bonchev–Trinajstić information content (AvgIpc) is 1.99. The number of nitrogens with zero attached hydrogens (tertiary/aromatic N) is 1. The minimum atomic E-state index is -0.0950. The molecule has 0 aliphatic carbocycles. The van der Waals surface area contributed by atoms with Gasteiger partial charge in [-0.1, -0.05) is 0 Å². The predicted molar refractivity (Wildman–Crippen MR) is 38.2 cm³/mol. The van der Waals surface area contributed by atoms with E-state index in [9.17, 15) is 0 Å². The molecule has 0 radical (unpaired) electrons. The van der Waals surface area contributed by atoms with Crippen molar-refractivity contribution in [2.45, 2.75) is 0 Å². The monoisotopic (exact) mass is 145 g/mol. The van der Waals surface area contributed by atoms with Gasteiger partial charge in [0.15, 0.2) is 0 Å². The Morgan fingerprint density at radius 2 is 2.00 bits per heavy atom. The maximum atomic E-state index is 6.98. The molecule has 0 unspecified atom stereocenters. The fourth-order valence-electron chi connectivity index (χ4n) is 0.346. The van der Waals surface area contributed by atoms with Crippen molar-refractivity contribution in [3.05, 3.63) is 0 Å². The summed E-state index contributed by atoms with van der Waals surface area (Å²) in [6.07, 6.45) is 0. The Morgan fingerprint density at radius 1 is 1.40 bits per heavy atom. The average molecular weight is 145 g/mol. The summed E-state index contributed by atoms with van der Waals surface area (Å²) in [4.78, 5) is 3.66. The summed E-state index contributed by atoms with van der Waals surface area (Å²) in [7, 11) is 4.39. The molecule has 0 heterocycles. The lowest BCUT2D eigenvalue weighted by atomic mass is 10.9. The van der Waals surface area contributed by atoms with Gasteiger partial charge in [-0.15, -0.1) is 0 Å². The summed E-state index contributed by atoms with van der Waals surface area (Å²) in [5, 5.41) is 9.44. The Bertz CT molecular complexity index is 144. The summed E-state index contributed by atoms with van der Waals surface area (Å²) < 4.78 is 9.19. The van der Waals surface area contributed by atoms with Crippen LogP contribution in [0.3, 0.4) is 0 Å². The van der Waals surface area contributed by atoms with Crippen LogP contribution in [0.4, 0.5) is 0 Å². The molecule has 0 aliphatic rings. The van der Waals surface area contributed by atoms with Crippen LogP contribution in [-0.4, -0.2) is 33.3 Å². The molecule has 10 heavy (non-hydrogen) atoms. The molecular formula is C5H11N3O2. The number of aliphatic imine (C=N–C) groups is 1. The van der Waals surface area contributed by atoms with Crippen molar-refractivity contribution in [2.24, 2.45) is 4.99 Å². The third kappa shape index (κ3) is 2.91. The molecule has 0 aromatic carbocycles. The third-order valence-electron chi connectivity index (χ3n) is 0.821. The highest BCUT2D eigenvalue weighted by Crippen LogP contribution is 1.73. The highest BCUT2D eigenvalue weighted by Gasteiger charge is 1.98. The third-order valence-corrected chi connectivity index (χ3v) is 0.821. The maximum absolute atomic E-state index is 6.98. The van der Waals surface area contributed by atoms with E-state index in [1.807, 2.05) is 0 Å². The van der Waals surface area contributed by atoms with E-state index in [4.69, 9.17) is 5.41 Å². The van der Waals surface area contributed by atoms with E-state index < -0.39 is 0 Å². The van der Waals surface area contributed by atoms with E-state index in [-0.39, 0.29) is 12.0 Å². The first-order valence-corrected chi connectivity index (χ1v) is 2.65. The van der Waals surface area contributed by atoms with Crippen LogP contribution in [0.15, 0.2) is 4.99 Å². The number of hydrogen-bond donors (Lipinski definition) is 2. The molecule has 0 fully saturated rings. The van der Waals surface area contributed by atoms with Gasteiger partial charge in [0, 0.05) is 7.05 Å². The van der Waals surface area contributed by atoms with E-state index in [1.165, 1.54) is 14.2 Å². The number of hydrogen-bond acceptors (Lipinski definition) is 4. The topological polar surface area (TPSA) is 66.7 Å². The zero-order valence-corrected chi connectivity index (χ0v) is 6.26. The minimum absolute atomic E-state index is 0.0950. The highest BCUT2D eigenvalue weighted by molar-refractivity contribution is 5.91. The molecule has 0 aromatic rings. The van der Waals surface area contributed by atoms with Crippen molar-refractivity contribution in [1.29, 1.82) is 5.41 Å². The molecule has 0 aliphatic heterocycles. The van der Waals surface area contributed by atoms with E-state index >= 15 is 0 Å². The first-order chi connectivity index (χ1) is 4.74. The van der Waals surface area contributed by atoms with Crippen molar-refractivity contribution in [3.63, 3.8) is 0 Å². The van der Waals surface area contributed by atoms with Crippen molar-refractivity contribution in [2.75, 3.05) is 21.3 Å². The number of rotatable bonds is 0. The van der Waals surface area contributed by atoms with Crippen molar-refractivity contribution < 1.29 is 9.47 Å². The molecule has 0 spiro atoms. The Balaban J connectivity index is 3.76. The van der Waals surface area contributed by atoms with Gasteiger partial charge in [-0.05, 0) is 0 Å². The second-order valence-corrected chi connectivity index (χ2v) is 1.39. The van der Waals surface area contributed by atoms with Crippen LogP contribution in [0, 0.1) is 5.41 Å². The van der Waals surface area contributed by atoms with Crippen LogP contribution < -0.4 is 5.32 Å². The van der Waals surface area contributed by atoms with Gasteiger partial charge in [0.2, 0.25) is 0 Å². The molecule has 0 rings (SSSR count). The Labute approximate surface area is 59.6 Å². The molecule has 0 aromatic heterocycles. The van der Waals surface area contributed by atoms with Gasteiger partial charge in [0.05, 0.1) is 14.2 Å². The fraction of sp³-hybridized carbons (Fsp3) is 0.600. The molecular weight excluding hydrogens is 134 g/mol. The predicted octanol–water partition coefficient (Wildman–Crippen LogP) is -0.211. The number of nitrogens with one attached hydrogen (secondary N) is 2. The van der Waals surface area contributed by atoms with Gasteiger partial charge in [-0.25, -0.2) is 4.99 Å². The number of amidine groups is 2. The maximum Gasteiger partial charge on any atom is 0.292 e. The summed E-state index contributed by atoms with van der Waals surface area (Å²) in [5.74, 6) is 0. The molecule has 0 bridgehead atoms.